The highest BCUT2D eigenvalue weighted by Crippen LogP contribution is 2.34. The van der Waals surface area contributed by atoms with Crippen LogP contribution in [0.5, 0.6) is 5.75 Å². The molecule has 1 heterocycles. The summed E-state index contributed by atoms with van der Waals surface area (Å²) in [5, 5.41) is 3.63. The van der Waals surface area contributed by atoms with Crippen LogP contribution >= 0.6 is 0 Å². The van der Waals surface area contributed by atoms with Gasteiger partial charge in [0.15, 0.2) is 0 Å². The highest BCUT2D eigenvalue weighted by molar-refractivity contribution is 5.43. The summed E-state index contributed by atoms with van der Waals surface area (Å²) in [5.74, 6) is 1.10. The summed E-state index contributed by atoms with van der Waals surface area (Å²) in [4.78, 5) is 0. The summed E-state index contributed by atoms with van der Waals surface area (Å²) in [5.41, 5.74) is 2.59. The Bertz CT molecular complexity index is 349. The second kappa shape index (κ2) is 5.35. The molecule has 0 saturated carbocycles. The van der Waals surface area contributed by atoms with Gasteiger partial charge >= 0.3 is 0 Å². The topological polar surface area (TPSA) is 21.3 Å². The van der Waals surface area contributed by atoms with Gasteiger partial charge in [-0.1, -0.05) is 31.5 Å². The summed E-state index contributed by atoms with van der Waals surface area (Å²) < 4.78 is 5.75. The van der Waals surface area contributed by atoms with Crippen molar-refractivity contribution in [2.24, 2.45) is 0 Å². The zero-order valence-corrected chi connectivity index (χ0v) is 10.3. The van der Waals surface area contributed by atoms with Crippen LogP contribution in [0.25, 0.3) is 0 Å². The first kappa shape index (κ1) is 11.5. The molecule has 1 aromatic rings. The van der Waals surface area contributed by atoms with E-state index in [-0.39, 0.29) is 0 Å². The van der Waals surface area contributed by atoms with E-state index in [1.807, 2.05) is 0 Å². The average Bonchev–Trinajstić information content (AvgIpc) is 2.31. The van der Waals surface area contributed by atoms with Crippen LogP contribution in [0.15, 0.2) is 18.2 Å². The fraction of sp³-hybridized carbons (Fsp3) is 0.571. The molecule has 0 saturated heterocycles. The van der Waals surface area contributed by atoms with Gasteiger partial charge in [-0.05, 0) is 25.5 Å². The number of rotatable bonds is 4. The van der Waals surface area contributed by atoms with Crippen LogP contribution in [0.2, 0.25) is 0 Å². The molecule has 2 rings (SSSR count). The molecule has 1 unspecified atom stereocenters. The molecular weight excluding hydrogens is 198 g/mol. The number of ether oxygens (including phenoxy) is 1. The smallest absolute Gasteiger partial charge is 0.126 e. The molecule has 1 N–H and O–H groups in total. The maximum atomic E-state index is 5.75. The number of hydrogen-bond acceptors (Lipinski definition) is 2. The molecule has 1 aromatic carbocycles. The van der Waals surface area contributed by atoms with Crippen molar-refractivity contribution in [2.75, 3.05) is 13.2 Å². The summed E-state index contributed by atoms with van der Waals surface area (Å²) in [6.07, 6.45) is 3.58. The molecule has 0 aromatic heterocycles. The standard InChI is InChI=1S/C14H21NO/c1-3-4-9-15-13-8-10-16-14-11(2)6-5-7-12(13)14/h5-7,13,15H,3-4,8-10H2,1-2H3. The number of aryl methyl sites for hydroxylation is 1. The lowest BCUT2D eigenvalue weighted by atomic mass is 9.98. The monoisotopic (exact) mass is 219 g/mol. The third-order valence-electron chi connectivity index (χ3n) is 3.19. The van der Waals surface area contributed by atoms with E-state index in [1.54, 1.807) is 0 Å². The largest absolute Gasteiger partial charge is 0.493 e. The normalized spacial score (nSPS) is 19.0. The fourth-order valence-corrected chi connectivity index (χ4v) is 2.25. The van der Waals surface area contributed by atoms with E-state index < -0.39 is 0 Å². The SMILES string of the molecule is CCCCNC1CCOc2c(C)cccc21. The quantitative estimate of drug-likeness (QED) is 0.785. The molecule has 0 aliphatic carbocycles. The molecule has 88 valence electrons. The highest BCUT2D eigenvalue weighted by Gasteiger charge is 2.21. The Balaban J connectivity index is 2.10. The lowest BCUT2D eigenvalue weighted by Gasteiger charge is -2.28. The van der Waals surface area contributed by atoms with E-state index in [4.69, 9.17) is 4.74 Å². The van der Waals surface area contributed by atoms with Gasteiger partial charge in [-0.25, -0.2) is 0 Å². The lowest BCUT2D eigenvalue weighted by Crippen LogP contribution is -2.28. The second-order valence-corrected chi connectivity index (χ2v) is 4.49. The Morgan fingerprint density at radius 3 is 3.12 bits per heavy atom. The van der Waals surface area contributed by atoms with Gasteiger partial charge in [0.1, 0.15) is 5.75 Å². The van der Waals surface area contributed by atoms with E-state index in [0.717, 1.165) is 25.3 Å². The summed E-state index contributed by atoms with van der Waals surface area (Å²) >= 11 is 0. The Morgan fingerprint density at radius 2 is 2.31 bits per heavy atom. The van der Waals surface area contributed by atoms with Crippen LogP contribution < -0.4 is 10.1 Å². The minimum Gasteiger partial charge on any atom is -0.493 e. The molecule has 0 spiro atoms. The maximum Gasteiger partial charge on any atom is 0.126 e. The average molecular weight is 219 g/mol. The van der Waals surface area contributed by atoms with Gasteiger partial charge < -0.3 is 10.1 Å². The molecule has 0 fully saturated rings. The van der Waals surface area contributed by atoms with Crippen molar-refractivity contribution in [3.05, 3.63) is 29.3 Å². The van der Waals surface area contributed by atoms with Gasteiger partial charge in [0.2, 0.25) is 0 Å². The Hall–Kier alpha value is -1.02. The molecule has 2 nitrogen and oxygen atoms in total. The number of fused-ring (bicyclic) bond motifs is 1. The highest BCUT2D eigenvalue weighted by atomic mass is 16.5. The van der Waals surface area contributed by atoms with Crippen molar-refractivity contribution in [3.8, 4) is 5.75 Å². The zero-order chi connectivity index (χ0) is 11.4. The lowest BCUT2D eigenvalue weighted by molar-refractivity contribution is 0.251. The minimum atomic E-state index is 0.482. The minimum absolute atomic E-state index is 0.482. The Labute approximate surface area is 98.0 Å². The van der Waals surface area contributed by atoms with E-state index in [9.17, 15) is 0 Å². The molecule has 0 amide bonds. The van der Waals surface area contributed by atoms with Crippen molar-refractivity contribution in [1.29, 1.82) is 0 Å². The number of benzene rings is 1. The third-order valence-corrected chi connectivity index (χ3v) is 3.19. The van der Waals surface area contributed by atoms with Crippen molar-refractivity contribution in [1.82, 2.24) is 5.32 Å². The van der Waals surface area contributed by atoms with Gasteiger partial charge in [0.25, 0.3) is 0 Å². The van der Waals surface area contributed by atoms with E-state index >= 15 is 0 Å². The van der Waals surface area contributed by atoms with Crippen LogP contribution in [0.4, 0.5) is 0 Å². The molecule has 16 heavy (non-hydrogen) atoms. The molecule has 2 heteroatoms. The van der Waals surface area contributed by atoms with Crippen LogP contribution in [0.3, 0.4) is 0 Å². The summed E-state index contributed by atoms with van der Waals surface area (Å²) in [6, 6.07) is 6.91. The van der Waals surface area contributed by atoms with E-state index in [2.05, 4.69) is 37.4 Å². The van der Waals surface area contributed by atoms with Gasteiger partial charge in [0.05, 0.1) is 6.61 Å². The number of nitrogens with one attached hydrogen (secondary N) is 1. The van der Waals surface area contributed by atoms with Crippen LogP contribution in [0.1, 0.15) is 43.4 Å². The Morgan fingerprint density at radius 1 is 1.44 bits per heavy atom. The van der Waals surface area contributed by atoms with Crippen molar-refractivity contribution in [3.63, 3.8) is 0 Å². The first-order valence-corrected chi connectivity index (χ1v) is 6.28. The summed E-state index contributed by atoms with van der Waals surface area (Å²) in [7, 11) is 0. The summed E-state index contributed by atoms with van der Waals surface area (Å²) in [6.45, 7) is 6.28. The zero-order valence-electron chi connectivity index (χ0n) is 10.3. The van der Waals surface area contributed by atoms with Gasteiger partial charge in [-0.2, -0.15) is 0 Å². The van der Waals surface area contributed by atoms with Crippen molar-refractivity contribution < 1.29 is 4.74 Å². The van der Waals surface area contributed by atoms with Crippen molar-refractivity contribution >= 4 is 0 Å². The van der Waals surface area contributed by atoms with E-state index in [0.29, 0.717) is 6.04 Å². The van der Waals surface area contributed by atoms with Crippen LogP contribution in [-0.2, 0) is 0 Å². The predicted molar refractivity (Wildman–Crippen MR) is 66.9 cm³/mol. The first-order chi connectivity index (χ1) is 7.83. The van der Waals surface area contributed by atoms with Crippen LogP contribution in [-0.4, -0.2) is 13.2 Å². The van der Waals surface area contributed by atoms with Gasteiger partial charge in [-0.15, -0.1) is 0 Å². The van der Waals surface area contributed by atoms with Gasteiger partial charge in [-0.3, -0.25) is 0 Å². The molecule has 1 aliphatic rings. The molecule has 1 aliphatic heterocycles. The maximum absolute atomic E-state index is 5.75. The second-order valence-electron chi connectivity index (χ2n) is 4.49. The molecule has 1 atom stereocenters. The fourth-order valence-electron chi connectivity index (χ4n) is 2.25. The number of unbranched alkanes of at least 4 members (excludes halogenated alkanes) is 1. The van der Waals surface area contributed by atoms with E-state index in [1.165, 1.54) is 24.0 Å². The van der Waals surface area contributed by atoms with Gasteiger partial charge in [0, 0.05) is 18.0 Å². The third kappa shape index (κ3) is 2.38. The number of para-hydroxylation sites is 1. The predicted octanol–water partition coefficient (Wildman–Crippen LogP) is 3.21. The molecule has 0 radical (unpaired) electrons. The number of hydrogen-bond donors (Lipinski definition) is 1. The molecule has 0 bridgehead atoms. The van der Waals surface area contributed by atoms with Crippen LogP contribution in [0, 0.1) is 6.92 Å². The Kier molecular flexibility index (Phi) is 3.83. The first-order valence-electron chi connectivity index (χ1n) is 6.28. The molecular formula is C14H21NO. The van der Waals surface area contributed by atoms with Crippen molar-refractivity contribution in [2.45, 2.75) is 39.2 Å².